The number of rotatable bonds is 5. The third kappa shape index (κ3) is 3.04. The van der Waals surface area contributed by atoms with E-state index in [2.05, 4.69) is 20.0 Å². The Balaban J connectivity index is 1.36. The Morgan fingerprint density at radius 1 is 1.18 bits per heavy atom. The number of hydrogen-bond donors (Lipinski definition) is 0. The number of hydrogen-bond acceptors (Lipinski definition) is 6. The largest absolute Gasteiger partial charge is 0.474 e. The second-order valence-corrected chi connectivity index (χ2v) is 7.75. The van der Waals surface area contributed by atoms with Gasteiger partial charge in [0, 0.05) is 62.9 Å². The maximum atomic E-state index is 6.18. The van der Waals surface area contributed by atoms with E-state index in [1.54, 1.807) is 6.20 Å². The van der Waals surface area contributed by atoms with E-state index in [9.17, 15) is 0 Å². The summed E-state index contributed by atoms with van der Waals surface area (Å²) in [6.07, 6.45) is 11.6. The molecule has 4 heterocycles. The van der Waals surface area contributed by atoms with Crippen LogP contribution in [0.5, 0.6) is 5.88 Å². The lowest BCUT2D eigenvalue weighted by atomic mass is 9.79. The standard InChI is InChI=1S/C21H25N5O2/c1-27-21-7-6-17(28-19-5-2-3-9-22-19)13-18(21)25(12-8-21)15-16-14-24-26-11-4-10-23-20(16)26/h2-5,9-11,14,17-18H,6-8,12-13,15H2,1H3/t17-,18-,21+/m0/s1. The Morgan fingerprint density at radius 2 is 2.11 bits per heavy atom. The van der Waals surface area contributed by atoms with E-state index in [1.165, 1.54) is 0 Å². The number of fused-ring (bicyclic) bond motifs is 2. The monoisotopic (exact) mass is 379 g/mol. The molecule has 0 unspecified atom stereocenters. The molecule has 146 valence electrons. The van der Waals surface area contributed by atoms with E-state index in [0.717, 1.165) is 50.0 Å². The molecule has 2 fully saturated rings. The van der Waals surface area contributed by atoms with Crippen molar-refractivity contribution in [2.24, 2.45) is 0 Å². The van der Waals surface area contributed by atoms with Crippen molar-refractivity contribution in [3.05, 3.63) is 54.6 Å². The molecule has 3 aromatic rings. The van der Waals surface area contributed by atoms with E-state index in [0.29, 0.717) is 11.9 Å². The molecule has 0 amide bonds. The summed E-state index contributed by atoms with van der Waals surface area (Å²) in [5.74, 6) is 0.703. The van der Waals surface area contributed by atoms with Crippen molar-refractivity contribution in [2.45, 2.75) is 50.0 Å². The highest BCUT2D eigenvalue weighted by atomic mass is 16.5. The van der Waals surface area contributed by atoms with Gasteiger partial charge >= 0.3 is 0 Å². The van der Waals surface area contributed by atoms with Gasteiger partial charge in [-0.05, 0) is 31.4 Å². The predicted octanol–water partition coefficient (Wildman–Crippen LogP) is 2.72. The van der Waals surface area contributed by atoms with Crippen LogP contribution in [0.4, 0.5) is 0 Å². The average molecular weight is 379 g/mol. The SMILES string of the molecule is CO[C@@]12CC[C@H](Oc3ccccn3)C[C@@H]1N(Cc1cnn3cccnc13)CC2. The second kappa shape index (κ2) is 7.14. The molecule has 5 rings (SSSR count). The Bertz CT molecular complexity index is 946. The highest BCUT2D eigenvalue weighted by molar-refractivity contribution is 5.45. The topological polar surface area (TPSA) is 64.8 Å². The Hall–Kier alpha value is -2.51. The van der Waals surface area contributed by atoms with Gasteiger partial charge < -0.3 is 9.47 Å². The molecule has 3 atom stereocenters. The van der Waals surface area contributed by atoms with Gasteiger partial charge in [-0.3, -0.25) is 4.90 Å². The normalized spacial score (nSPS) is 27.8. The van der Waals surface area contributed by atoms with Crippen LogP contribution in [0, 0.1) is 0 Å². The molecule has 1 saturated heterocycles. The van der Waals surface area contributed by atoms with Crippen LogP contribution in [0.2, 0.25) is 0 Å². The smallest absolute Gasteiger partial charge is 0.213 e. The van der Waals surface area contributed by atoms with Gasteiger partial charge in [-0.15, -0.1) is 0 Å². The lowest BCUT2D eigenvalue weighted by Gasteiger charge is -2.43. The van der Waals surface area contributed by atoms with Crippen LogP contribution in [-0.4, -0.2) is 55.9 Å². The van der Waals surface area contributed by atoms with Gasteiger partial charge in [-0.25, -0.2) is 14.5 Å². The summed E-state index contributed by atoms with van der Waals surface area (Å²) in [6.45, 7) is 1.84. The zero-order chi connectivity index (χ0) is 19.0. The first-order valence-electron chi connectivity index (χ1n) is 9.91. The summed E-state index contributed by atoms with van der Waals surface area (Å²) in [6, 6.07) is 8.02. The number of aromatic nitrogens is 4. The Labute approximate surface area is 164 Å². The minimum atomic E-state index is -0.0830. The van der Waals surface area contributed by atoms with Crippen molar-refractivity contribution in [1.82, 2.24) is 24.5 Å². The molecule has 0 aromatic carbocycles. The van der Waals surface area contributed by atoms with E-state index >= 15 is 0 Å². The maximum absolute atomic E-state index is 6.18. The summed E-state index contributed by atoms with van der Waals surface area (Å²) in [4.78, 5) is 11.3. The molecule has 28 heavy (non-hydrogen) atoms. The average Bonchev–Trinajstić information content (AvgIpc) is 3.32. The molecule has 1 aliphatic carbocycles. The van der Waals surface area contributed by atoms with Crippen LogP contribution in [-0.2, 0) is 11.3 Å². The highest BCUT2D eigenvalue weighted by Crippen LogP contribution is 2.43. The zero-order valence-corrected chi connectivity index (χ0v) is 16.1. The molecular formula is C21H25N5O2. The van der Waals surface area contributed by atoms with Crippen LogP contribution >= 0.6 is 0 Å². The van der Waals surface area contributed by atoms with Gasteiger partial charge in [0.25, 0.3) is 0 Å². The van der Waals surface area contributed by atoms with E-state index in [1.807, 2.05) is 54.5 Å². The molecule has 7 nitrogen and oxygen atoms in total. The summed E-state index contributed by atoms with van der Waals surface area (Å²) >= 11 is 0. The molecule has 3 aromatic heterocycles. The van der Waals surface area contributed by atoms with Gasteiger partial charge in [-0.2, -0.15) is 5.10 Å². The van der Waals surface area contributed by atoms with Gasteiger partial charge in [0.15, 0.2) is 5.65 Å². The molecule has 0 bridgehead atoms. The second-order valence-electron chi connectivity index (χ2n) is 7.75. The van der Waals surface area contributed by atoms with Crippen molar-refractivity contribution >= 4 is 5.65 Å². The lowest BCUT2D eigenvalue weighted by molar-refractivity contribution is -0.0842. The van der Waals surface area contributed by atoms with Crippen LogP contribution in [0.25, 0.3) is 5.65 Å². The van der Waals surface area contributed by atoms with Crippen LogP contribution in [0.15, 0.2) is 49.1 Å². The molecule has 1 aliphatic heterocycles. The summed E-state index contributed by atoms with van der Waals surface area (Å²) in [5, 5.41) is 4.44. The number of methoxy groups -OCH3 is 1. The van der Waals surface area contributed by atoms with Gasteiger partial charge in [0.1, 0.15) is 6.10 Å². The molecule has 0 spiro atoms. The van der Waals surface area contributed by atoms with Crippen LogP contribution in [0.3, 0.4) is 0 Å². The zero-order valence-electron chi connectivity index (χ0n) is 16.1. The number of nitrogens with zero attached hydrogens (tertiary/aromatic N) is 5. The Kier molecular flexibility index (Phi) is 4.49. The maximum Gasteiger partial charge on any atom is 0.213 e. The fourth-order valence-corrected chi connectivity index (χ4v) is 4.85. The summed E-state index contributed by atoms with van der Waals surface area (Å²) in [7, 11) is 1.85. The fraction of sp³-hybridized carbons (Fsp3) is 0.476. The molecule has 0 radical (unpaired) electrons. The molecule has 0 N–H and O–H groups in total. The van der Waals surface area contributed by atoms with Gasteiger partial charge in [0.05, 0.1) is 11.8 Å². The minimum Gasteiger partial charge on any atom is -0.474 e. The molecular weight excluding hydrogens is 354 g/mol. The van der Waals surface area contributed by atoms with Crippen LogP contribution < -0.4 is 4.74 Å². The number of ether oxygens (including phenoxy) is 2. The third-order valence-corrected chi connectivity index (χ3v) is 6.30. The van der Waals surface area contributed by atoms with Crippen molar-refractivity contribution in [3.63, 3.8) is 0 Å². The van der Waals surface area contributed by atoms with Crippen LogP contribution in [0.1, 0.15) is 31.2 Å². The van der Waals surface area contributed by atoms with Crippen molar-refractivity contribution < 1.29 is 9.47 Å². The van der Waals surface area contributed by atoms with Crippen molar-refractivity contribution in [3.8, 4) is 5.88 Å². The Morgan fingerprint density at radius 3 is 2.96 bits per heavy atom. The highest BCUT2D eigenvalue weighted by Gasteiger charge is 2.51. The number of likely N-dealkylation sites (tertiary alicyclic amines) is 1. The molecule has 7 heteroatoms. The van der Waals surface area contributed by atoms with E-state index < -0.39 is 0 Å². The van der Waals surface area contributed by atoms with Crippen molar-refractivity contribution in [1.29, 1.82) is 0 Å². The molecule has 1 saturated carbocycles. The minimum absolute atomic E-state index is 0.0830. The quantitative estimate of drug-likeness (QED) is 0.679. The third-order valence-electron chi connectivity index (χ3n) is 6.30. The summed E-state index contributed by atoms with van der Waals surface area (Å²) in [5.41, 5.74) is 2.00. The predicted molar refractivity (Wildman–Crippen MR) is 104 cm³/mol. The van der Waals surface area contributed by atoms with Gasteiger partial charge in [-0.1, -0.05) is 6.07 Å². The fourth-order valence-electron chi connectivity index (χ4n) is 4.85. The first kappa shape index (κ1) is 17.6. The number of pyridine rings is 1. The van der Waals surface area contributed by atoms with Crippen molar-refractivity contribution in [2.75, 3.05) is 13.7 Å². The van der Waals surface area contributed by atoms with Gasteiger partial charge in [0.2, 0.25) is 5.88 Å². The summed E-state index contributed by atoms with van der Waals surface area (Å²) < 4.78 is 14.1. The first-order chi connectivity index (χ1) is 13.8. The first-order valence-corrected chi connectivity index (χ1v) is 9.91. The lowest BCUT2D eigenvalue weighted by Crippen LogP contribution is -2.52. The molecule has 2 aliphatic rings. The van der Waals surface area contributed by atoms with E-state index in [-0.39, 0.29) is 11.7 Å². The van der Waals surface area contributed by atoms with E-state index in [4.69, 9.17) is 9.47 Å².